The minimum Gasteiger partial charge on any atom is -0.493 e. The molecule has 0 amide bonds. The third kappa shape index (κ3) is 2.77. The van der Waals surface area contributed by atoms with Crippen LogP contribution < -0.4 is 4.74 Å². The quantitative estimate of drug-likeness (QED) is 0.748. The predicted molar refractivity (Wildman–Crippen MR) is 86.2 cm³/mol. The van der Waals surface area contributed by atoms with E-state index in [-0.39, 0.29) is 6.42 Å². The second kappa shape index (κ2) is 6.12. The number of hydrogen-bond donors (Lipinski definition) is 2. The molecule has 0 saturated carbocycles. The van der Waals surface area contributed by atoms with Gasteiger partial charge in [-0.1, -0.05) is 24.3 Å². The van der Waals surface area contributed by atoms with Gasteiger partial charge in [0.2, 0.25) is 0 Å². The summed E-state index contributed by atoms with van der Waals surface area (Å²) in [6.45, 7) is 2.36. The lowest BCUT2D eigenvalue weighted by Gasteiger charge is -2.10. The topological polar surface area (TPSA) is 62.3 Å². The van der Waals surface area contributed by atoms with E-state index in [1.54, 1.807) is 12.1 Å². The molecule has 0 spiro atoms. The molecule has 4 nitrogen and oxygen atoms in total. The second-order valence-electron chi connectivity index (χ2n) is 5.14. The summed E-state index contributed by atoms with van der Waals surface area (Å²) in [5.41, 5.74) is 2.17. The van der Waals surface area contributed by atoms with Gasteiger partial charge < -0.3 is 14.8 Å². The lowest BCUT2D eigenvalue weighted by molar-refractivity contribution is -0.136. The van der Waals surface area contributed by atoms with Gasteiger partial charge in [-0.15, -0.1) is 0 Å². The fraction of sp³-hybridized carbons (Fsp3) is 0.167. The Labute approximate surface area is 132 Å². The van der Waals surface area contributed by atoms with E-state index < -0.39 is 11.8 Å². The molecule has 0 fully saturated rings. The number of aliphatic carboxylic acids is 1. The van der Waals surface area contributed by atoms with Crippen molar-refractivity contribution in [2.45, 2.75) is 13.3 Å². The molecule has 0 aliphatic rings. The van der Waals surface area contributed by atoms with Crippen LogP contribution in [0, 0.1) is 5.82 Å². The minimum atomic E-state index is -0.967. The van der Waals surface area contributed by atoms with E-state index in [0.29, 0.717) is 34.5 Å². The van der Waals surface area contributed by atoms with Crippen molar-refractivity contribution in [3.05, 3.63) is 53.8 Å². The first-order valence-electron chi connectivity index (χ1n) is 7.35. The SMILES string of the molecule is CCOc1ccccc1-c1[nH]c2c(F)cccc2c1CC(=O)O. The zero-order chi connectivity index (χ0) is 16.4. The molecule has 0 saturated heterocycles. The highest BCUT2D eigenvalue weighted by Crippen LogP contribution is 2.36. The van der Waals surface area contributed by atoms with Crippen molar-refractivity contribution in [2.75, 3.05) is 6.61 Å². The number of carboxylic acids is 1. The maximum absolute atomic E-state index is 14.1. The van der Waals surface area contributed by atoms with Crippen LogP contribution in [-0.2, 0) is 11.2 Å². The third-order valence-corrected chi connectivity index (χ3v) is 3.67. The molecular weight excluding hydrogens is 297 g/mol. The molecule has 3 rings (SSSR count). The third-order valence-electron chi connectivity index (χ3n) is 3.67. The number of ether oxygens (including phenoxy) is 1. The van der Waals surface area contributed by atoms with E-state index >= 15 is 0 Å². The molecule has 0 atom stereocenters. The summed E-state index contributed by atoms with van der Waals surface area (Å²) in [5, 5.41) is 9.80. The summed E-state index contributed by atoms with van der Waals surface area (Å²) in [5.74, 6) is -0.742. The molecule has 0 unspecified atom stereocenters. The number of carboxylic acid groups (broad SMARTS) is 1. The van der Waals surface area contributed by atoms with Crippen molar-refractivity contribution in [1.29, 1.82) is 0 Å². The van der Waals surface area contributed by atoms with Crippen LogP contribution in [0.1, 0.15) is 12.5 Å². The smallest absolute Gasteiger partial charge is 0.307 e. The Balaban J connectivity index is 2.28. The summed E-state index contributed by atoms with van der Waals surface area (Å²) in [6.07, 6.45) is -0.195. The van der Waals surface area contributed by atoms with Crippen molar-refractivity contribution in [3.8, 4) is 17.0 Å². The van der Waals surface area contributed by atoms with Gasteiger partial charge in [0.15, 0.2) is 0 Å². The number of aromatic amines is 1. The monoisotopic (exact) mass is 313 g/mol. The number of H-pyrrole nitrogens is 1. The van der Waals surface area contributed by atoms with Crippen LogP contribution in [0.3, 0.4) is 0 Å². The van der Waals surface area contributed by atoms with E-state index in [1.165, 1.54) is 6.07 Å². The van der Waals surface area contributed by atoms with Gasteiger partial charge in [0.1, 0.15) is 11.6 Å². The summed E-state index contributed by atoms with van der Waals surface area (Å²) in [4.78, 5) is 14.3. The molecule has 118 valence electrons. The number of carbonyl (C=O) groups is 1. The summed E-state index contributed by atoms with van der Waals surface area (Å²) in [7, 11) is 0. The fourth-order valence-corrected chi connectivity index (χ4v) is 2.76. The lowest BCUT2D eigenvalue weighted by atomic mass is 10.0. The van der Waals surface area contributed by atoms with Crippen molar-refractivity contribution < 1.29 is 19.0 Å². The molecule has 1 heterocycles. The van der Waals surface area contributed by atoms with Crippen LogP contribution in [-0.4, -0.2) is 22.7 Å². The molecule has 1 aromatic heterocycles. The molecule has 2 aromatic carbocycles. The van der Waals surface area contributed by atoms with Gasteiger partial charge in [-0.2, -0.15) is 0 Å². The average Bonchev–Trinajstić information content (AvgIpc) is 2.88. The second-order valence-corrected chi connectivity index (χ2v) is 5.14. The first kappa shape index (κ1) is 15.1. The number of halogens is 1. The Bertz CT molecular complexity index is 870. The number of para-hydroxylation sites is 2. The fourth-order valence-electron chi connectivity index (χ4n) is 2.76. The molecule has 0 radical (unpaired) electrons. The van der Waals surface area contributed by atoms with Gasteiger partial charge in [0.25, 0.3) is 0 Å². The largest absolute Gasteiger partial charge is 0.493 e. The zero-order valence-electron chi connectivity index (χ0n) is 12.6. The van der Waals surface area contributed by atoms with Crippen molar-refractivity contribution >= 4 is 16.9 Å². The van der Waals surface area contributed by atoms with E-state index in [0.717, 1.165) is 5.56 Å². The Morgan fingerprint density at radius 1 is 1.22 bits per heavy atom. The number of hydrogen-bond acceptors (Lipinski definition) is 2. The van der Waals surface area contributed by atoms with Gasteiger partial charge in [-0.05, 0) is 30.7 Å². The van der Waals surface area contributed by atoms with Crippen LogP contribution >= 0.6 is 0 Å². The van der Waals surface area contributed by atoms with Gasteiger partial charge in [-0.25, -0.2) is 4.39 Å². The number of nitrogens with one attached hydrogen (secondary N) is 1. The first-order valence-corrected chi connectivity index (χ1v) is 7.35. The Kier molecular flexibility index (Phi) is 4.02. The molecule has 3 aromatic rings. The normalized spacial score (nSPS) is 10.9. The number of fused-ring (bicyclic) bond motifs is 1. The highest BCUT2D eigenvalue weighted by molar-refractivity contribution is 5.95. The van der Waals surface area contributed by atoms with E-state index in [4.69, 9.17) is 4.74 Å². The maximum Gasteiger partial charge on any atom is 0.307 e. The Morgan fingerprint density at radius 2 is 2.00 bits per heavy atom. The van der Waals surface area contributed by atoms with Crippen LogP contribution in [0.15, 0.2) is 42.5 Å². The molecule has 0 bridgehead atoms. The number of aromatic nitrogens is 1. The Hall–Kier alpha value is -2.82. The summed E-state index contributed by atoms with van der Waals surface area (Å²) < 4.78 is 19.7. The van der Waals surface area contributed by atoms with Gasteiger partial charge in [-0.3, -0.25) is 4.79 Å². The maximum atomic E-state index is 14.1. The highest BCUT2D eigenvalue weighted by Gasteiger charge is 2.19. The molecule has 0 aliphatic heterocycles. The van der Waals surface area contributed by atoms with E-state index in [9.17, 15) is 14.3 Å². The first-order chi connectivity index (χ1) is 11.1. The van der Waals surface area contributed by atoms with Crippen LogP contribution in [0.25, 0.3) is 22.2 Å². The number of rotatable bonds is 5. The highest BCUT2D eigenvalue weighted by atomic mass is 19.1. The van der Waals surface area contributed by atoms with E-state index in [2.05, 4.69) is 4.98 Å². The minimum absolute atomic E-state index is 0.195. The van der Waals surface area contributed by atoms with Crippen molar-refractivity contribution in [3.63, 3.8) is 0 Å². The van der Waals surface area contributed by atoms with Crippen LogP contribution in [0.2, 0.25) is 0 Å². The van der Waals surface area contributed by atoms with Crippen LogP contribution in [0.4, 0.5) is 4.39 Å². The van der Waals surface area contributed by atoms with Crippen molar-refractivity contribution in [1.82, 2.24) is 4.98 Å². The van der Waals surface area contributed by atoms with E-state index in [1.807, 2.05) is 31.2 Å². The van der Waals surface area contributed by atoms with Gasteiger partial charge >= 0.3 is 5.97 Å². The molecular formula is C18H16FNO3. The molecule has 0 aliphatic carbocycles. The molecule has 5 heteroatoms. The zero-order valence-corrected chi connectivity index (χ0v) is 12.6. The molecule has 2 N–H and O–H groups in total. The van der Waals surface area contributed by atoms with Crippen molar-refractivity contribution in [2.24, 2.45) is 0 Å². The standard InChI is InChI=1S/C18H16FNO3/c1-2-23-15-9-4-3-6-12(15)17-13(10-16(21)22)11-7-5-8-14(19)18(11)20-17/h3-9,20H,2,10H2,1H3,(H,21,22). The molecule has 23 heavy (non-hydrogen) atoms. The lowest BCUT2D eigenvalue weighted by Crippen LogP contribution is -2.02. The summed E-state index contributed by atoms with van der Waals surface area (Å²) in [6, 6.07) is 12.0. The number of benzene rings is 2. The van der Waals surface area contributed by atoms with Crippen LogP contribution in [0.5, 0.6) is 5.75 Å². The van der Waals surface area contributed by atoms with Gasteiger partial charge in [0.05, 0.1) is 24.2 Å². The summed E-state index contributed by atoms with van der Waals surface area (Å²) >= 11 is 0. The Morgan fingerprint density at radius 3 is 2.74 bits per heavy atom. The predicted octanol–water partition coefficient (Wildman–Crippen LogP) is 4.00. The van der Waals surface area contributed by atoms with Gasteiger partial charge in [0, 0.05) is 10.9 Å². The average molecular weight is 313 g/mol.